The highest BCUT2D eigenvalue weighted by molar-refractivity contribution is 5.64. The Labute approximate surface area is 237 Å². The maximum absolute atomic E-state index is 11.7. The van der Waals surface area contributed by atoms with Crippen LogP contribution in [-0.2, 0) is 6.42 Å². The molecule has 2 aliphatic rings. The Hall–Kier alpha value is -5.20. The second-order valence-electron chi connectivity index (χ2n) is 10.3. The van der Waals surface area contributed by atoms with Gasteiger partial charge in [0.1, 0.15) is 41.0 Å². The molecule has 5 atom stereocenters. The van der Waals surface area contributed by atoms with E-state index in [1.54, 1.807) is 0 Å². The average molecular weight is 579 g/mol. The molecule has 0 aliphatic carbocycles. The second kappa shape index (κ2) is 9.72. The van der Waals surface area contributed by atoms with Crippen molar-refractivity contribution in [3.05, 3.63) is 82.4 Å². The fourth-order valence-corrected chi connectivity index (χ4v) is 5.68. The molecule has 0 saturated carbocycles. The van der Waals surface area contributed by atoms with Crippen molar-refractivity contribution in [2.24, 2.45) is 0 Å². The number of ether oxygens (including phenoxy) is 2. The van der Waals surface area contributed by atoms with Crippen molar-refractivity contribution in [2.75, 3.05) is 0 Å². The van der Waals surface area contributed by atoms with Gasteiger partial charge in [-0.15, -0.1) is 0 Å². The molecule has 0 radical (unpaired) electrons. The third-order valence-corrected chi connectivity index (χ3v) is 7.68. The van der Waals surface area contributed by atoms with Crippen LogP contribution >= 0.6 is 0 Å². The summed E-state index contributed by atoms with van der Waals surface area (Å²) in [5.74, 6) is -5.14. The Morgan fingerprint density at radius 3 is 1.98 bits per heavy atom. The molecule has 2 heterocycles. The minimum absolute atomic E-state index is 0.00247. The first-order valence-corrected chi connectivity index (χ1v) is 12.8. The zero-order valence-electron chi connectivity index (χ0n) is 21.6. The van der Waals surface area contributed by atoms with Crippen molar-refractivity contribution >= 4 is 0 Å². The Balaban J connectivity index is 1.53. The average Bonchev–Trinajstić information content (AvgIpc) is 2.94. The minimum Gasteiger partial charge on any atom is -0.508 e. The first-order valence-electron chi connectivity index (χ1n) is 12.8. The van der Waals surface area contributed by atoms with E-state index in [1.165, 1.54) is 36.4 Å². The van der Waals surface area contributed by atoms with Crippen LogP contribution in [0.4, 0.5) is 0 Å². The highest BCUT2D eigenvalue weighted by Crippen LogP contribution is 2.55. The number of benzene rings is 4. The summed E-state index contributed by atoms with van der Waals surface area (Å²) >= 11 is 0. The van der Waals surface area contributed by atoms with Crippen molar-refractivity contribution < 1.29 is 60.5 Å². The van der Waals surface area contributed by atoms with Crippen molar-refractivity contribution in [3.8, 4) is 57.5 Å². The topological polar surface area (TPSA) is 221 Å². The SMILES string of the molecule is Oc1ccc2c(c1)O[C@H](c1cc(O)c(O)c(O)c1)[C@@H](O)[C@@H]2c1c(O)cc(O)c2c1O[C@H](c1ccc(O)c(O)c1)[C@@H](O)C2. The lowest BCUT2D eigenvalue weighted by Crippen LogP contribution is -2.36. The number of aliphatic hydroxyl groups excluding tert-OH is 2. The van der Waals surface area contributed by atoms with E-state index >= 15 is 0 Å². The largest absolute Gasteiger partial charge is 0.508 e. The van der Waals surface area contributed by atoms with Crippen LogP contribution in [0.3, 0.4) is 0 Å². The van der Waals surface area contributed by atoms with Gasteiger partial charge in [-0.25, -0.2) is 0 Å². The standard InChI is InChI=1S/C30H26O12/c31-13-2-3-14-23(8-13)41-29(12-6-20(36)26(39)21(37)7-12)27(40)24(14)25-19(35)10-17(33)15-9-22(38)28(42-30(15)25)11-1-4-16(32)18(34)5-11/h1-8,10,22,24,27-29,31-40H,9H2/t22-,24-,27-,28+,29+/m0/s1. The van der Waals surface area contributed by atoms with Crippen LogP contribution < -0.4 is 9.47 Å². The zero-order valence-corrected chi connectivity index (χ0v) is 21.6. The van der Waals surface area contributed by atoms with Crippen LogP contribution in [0.2, 0.25) is 0 Å². The van der Waals surface area contributed by atoms with E-state index < -0.39 is 59.1 Å². The molecule has 6 rings (SSSR count). The smallest absolute Gasteiger partial charge is 0.200 e. The van der Waals surface area contributed by atoms with Crippen LogP contribution in [0, 0.1) is 0 Å². The van der Waals surface area contributed by atoms with Gasteiger partial charge in [-0.05, 0) is 35.9 Å². The maximum atomic E-state index is 11.7. The van der Waals surface area contributed by atoms with Gasteiger partial charge in [0.05, 0.1) is 6.10 Å². The van der Waals surface area contributed by atoms with Gasteiger partial charge in [0.2, 0.25) is 0 Å². The van der Waals surface area contributed by atoms with Gasteiger partial charge in [0.15, 0.2) is 34.9 Å². The Morgan fingerprint density at radius 1 is 0.595 bits per heavy atom. The number of hydrogen-bond acceptors (Lipinski definition) is 12. The van der Waals surface area contributed by atoms with Gasteiger partial charge >= 0.3 is 0 Å². The molecule has 0 spiro atoms. The second-order valence-corrected chi connectivity index (χ2v) is 10.3. The summed E-state index contributed by atoms with van der Waals surface area (Å²) in [4.78, 5) is 0. The van der Waals surface area contributed by atoms with Gasteiger partial charge in [0, 0.05) is 46.7 Å². The molecule has 0 fully saturated rings. The van der Waals surface area contributed by atoms with Gasteiger partial charge < -0.3 is 60.5 Å². The Bertz CT molecular complexity index is 1690. The summed E-state index contributed by atoms with van der Waals surface area (Å²) < 4.78 is 12.2. The van der Waals surface area contributed by atoms with Crippen LogP contribution in [0.15, 0.2) is 54.6 Å². The molecule has 12 heteroatoms. The lowest BCUT2D eigenvalue weighted by atomic mass is 9.77. The summed E-state index contributed by atoms with van der Waals surface area (Å²) in [5, 5.41) is 105. The van der Waals surface area contributed by atoms with E-state index in [1.807, 2.05) is 0 Å². The number of hydrogen-bond donors (Lipinski definition) is 10. The number of aromatic hydroxyl groups is 8. The Kier molecular flexibility index (Phi) is 6.24. The molecule has 12 nitrogen and oxygen atoms in total. The number of phenolic OH excluding ortho intramolecular Hbond substituents is 8. The molecule has 0 bridgehead atoms. The van der Waals surface area contributed by atoms with Crippen LogP contribution in [0.1, 0.15) is 45.9 Å². The van der Waals surface area contributed by atoms with E-state index in [0.29, 0.717) is 5.56 Å². The summed E-state index contributed by atoms with van der Waals surface area (Å²) in [6, 6.07) is 11.2. The number of phenols is 8. The Morgan fingerprint density at radius 2 is 1.29 bits per heavy atom. The molecule has 2 aliphatic heterocycles. The van der Waals surface area contributed by atoms with Gasteiger partial charge in [0.25, 0.3) is 0 Å². The van der Waals surface area contributed by atoms with E-state index in [9.17, 15) is 51.1 Å². The predicted molar refractivity (Wildman–Crippen MR) is 143 cm³/mol. The third-order valence-electron chi connectivity index (χ3n) is 7.68. The molecule has 4 aromatic rings. The molecule has 42 heavy (non-hydrogen) atoms. The molecule has 0 aromatic heterocycles. The van der Waals surface area contributed by atoms with Crippen LogP contribution in [-0.4, -0.2) is 63.3 Å². The predicted octanol–water partition coefficient (Wildman–Crippen LogP) is 3.00. The quantitative estimate of drug-likeness (QED) is 0.159. The molecular formula is C30H26O12. The maximum Gasteiger partial charge on any atom is 0.200 e. The van der Waals surface area contributed by atoms with Gasteiger partial charge in [-0.1, -0.05) is 12.1 Å². The van der Waals surface area contributed by atoms with E-state index in [-0.39, 0.29) is 57.4 Å². The fraction of sp³-hybridized carbons (Fsp3) is 0.200. The van der Waals surface area contributed by atoms with Gasteiger partial charge in [-0.2, -0.15) is 0 Å². The van der Waals surface area contributed by atoms with Crippen molar-refractivity contribution in [3.63, 3.8) is 0 Å². The molecule has 4 aromatic carbocycles. The number of rotatable bonds is 3. The van der Waals surface area contributed by atoms with Crippen LogP contribution in [0.5, 0.6) is 57.5 Å². The van der Waals surface area contributed by atoms with Crippen molar-refractivity contribution in [1.82, 2.24) is 0 Å². The summed E-state index contributed by atoms with van der Waals surface area (Å²) in [7, 11) is 0. The van der Waals surface area contributed by atoms with Crippen LogP contribution in [0.25, 0.3) is 0 Å². The summed E-state index contributed by atoms with van der Waals surface area (Å²) in [6.07, 6.45) is -5.35. The van der Waals surface area contributed by atoms with E-state index in [0.717, 1.165) is 18.2 Å². The third kappa shape index (κ3) is 4.24. The highest BCUT2D eigenvalue weighted by Gasteiger charge is 2.45. The number of fused-ring (bicyclic) bond motifs is 2. The molecule has 0 amide bonds. The molecule has 0 saturated heterocycles. The molecule has 10 N–H and O–H groups in total. The lowest BCUT2D eigenvalue weighted by Gasteiger charge is -2.40. The summed E-state index contributed by atoms with van der Waals surface area (Å²) in [6.45, 7) is 0. The zero-order chi connectivity index (χ0) is 30.0. The first kappa shape index (κ1) is 27.0. The van der Waals surface area contributed by atoms with Gasteiger partial charge in [-0.3, -0.25) is 0 Å². The lowest BCUT2D eigenvalue weighted by molar-refractivity contribution is 0.00179. The first-order chi connectivity index (χ1) is 19.9. The fourth-order valence-electron chi connectivity index (χ4n) is 5.68. The van der Waals surface area contributed by atoms with Crippen molar-refractivity contribution in [2.45, 2.75) is 36.8 Å². The highest BCUT2D eigenvalue weighted by atomic mass is 16.5. The van der Waals surface area contributed by atoms with Crippen molar-refractivity contribution in [1.29, 1.82) is 0 Å². The normalized spacial score (nSPS) is 22.9. The van der Waals surface area contributed by atoms with E-state index in [4.69, 9.17) is 9.47 Å². The summed E-state index contributed by atoms with van der Waals surface area (Å²) in [5.41, 5.74) is 0.770. The monoisotopic (exact) mass is 578 g/mol. The molecule has 0 unspecified atom stereocenters. The number of aliphatic hydroxyl groups is 2. The molecular weight excluding hydrogens is 552 g/mol. The van der Waals surface area contributed by atoms with E-state index in [2.05, 4.69) is 0 Å². The minimum atomic E-state index is -1.54. The molecule has 218 valence electrons.